The van der Waals surface area contributed by atoms with Crippen LogP contribution in [-0.2, 0) is 12.8 Å². The predicted octanol–water partition coefficient (Wildman–Crippen LogP) is 5.75. The minimum atomic E-state index is 0.797. The molecule has 0 saturated heterocycles. The van der Waals surface area contributed by atoms with Gasteiger partial charge in [0.05, 0.1) is 0 Å². The molecule has 106 valence electrons. The van der Waals surface area contributed by atoms with E-state index < -0.39 is 0 Å². The van der Waals surface area contributed by atoms with Crippen molar-refractivity contribution in [1.82, 2.24) is 0 Å². The molecule has 1 aliphatic carbocycles. The molecule has 0 aromatic heterocycles. The van der Waals surface area contributed by atoms with Crippen LogP contribution in [0.1, 0.15) is 31.4 Å². The van der Waals surface area contributed by atoms with Crippen LogP contribution in [0.4, 0.5) is 0 Å². The van der Waals surface area contributed by atoms with Gasteiger partial charge < -0.3 is 0 Å². The van der Waals surface area contributed by atoms with Gasteiger partial charge in [0.1, 0.15) is 0 Å². The van der Waals surface area contributed by atoms with Crippen LogP contribution in [0.15, 0.2) is 48.5 Å². The van der Waals surface area contributed by atoms with Crippen molar-refractivity contribution < 1.29 is 0 Å². The largest absolute Gasteiger partial charge is 0.0625 e. The molecule has 0 saturated carbocycles. The smallest absolute Gasteiger partial charge is 0.0102 e. The first-order valence-corrected chi connectivity index (χ1v) is 8.16. The fourth-order valence-corrected chi connectivity index (χ4v) is 3.97. The topological polar surface area (TPSA) is 0 Å². The van der Waals surface area contributed by atoms with Crippen LogP contribution >= 0.6 is 0 Å². The monoisotopic (exact) mass is 274 g/mol. The molecule has 0 amide bonds. The van der Waals surface area contributed by atoms with E-state index in [2.05, 4.69) is 62.4 Å². The van der Waals surface area contributed by atoms with Crippen molar-refractivity contribution in [2.24, 2.45) is 11.8 Å². The summed E-state index contributed by atoms with van der Waals surface area (Å²) >= 11 is 0. The van der Waals surface area contributed by atoms with Crippen LogP contribution in [0, 0.1) is 11.8 Å². The third kappa shape index (κ3) is 2.05. The highest BCUT2D eigenvalue weighted by atomic mass is 14.3. The Labute approximate surface area is 126 Å². The Kier molecular flexibility index (Phi) is 2.99. The van der Waals surface area contributed by atoms with Crippen molar-refractivity contribution >= 4 is 21.5 Å². The van der Waals surface area contributed by atoms with Crippen LogP contribution in [0.2, 0.25) is 0 Å². The summed E-state index contributed by atoms with van der Waals surface area (Å²) in [7, 11) is 0. The van der Waals surface area contributed by atoms with Crippen molar-refractivity contribution in [2.75, 3.05) is 0 Å². The number of fused-ring (bicyclic) bond motifs is 5. The van der Waals surface area contributed by atoms with Crippen molar-refractivity contribution in [3.05, 3.63) is 59.7 Å². The Morgan fingerprint density at radius 1 is 0.857 bits per heavy atom. The van der Waals surface area contributed by atoms with Gasteiger partial charge in [0.25, 0.3) is 0 Å². The third-order valence-corrected chi connectivity index (χ3v) is 5.32. The Morgan fingerprint density at radius 3 is 2.52 bits per heavy atom. The van der Waals surface area contributed by atoms with Gasteiger partial charge in [-0.25, -0.2) is 0 Å². The molecule has 0 fully saturated rings. The minimum absolute atomic E-state index is 0.797. The van der Waals surface area contributed by atoms with Gasteiger partial charge >= 0.3 is 0 Å². The maximum atomic E-state index is 2.39. The van der Waals surface area contributed by atoms with E-state index in [1.54, 1.807) is 11.1 Å². The molecule has 0 N–H and O–H groups in total. The van der Waals surface area contributed by atoms with Gasteiger partial charge in [-0.3, -0.25) is 0 Å². The van der Waals surface area contributed by atoms with Crippen LogP contribution < -0.4 is 0 Å². The molecule has 4 rings (SSSR count). The Bertz CT molecular complexity index is 811. The average Bonchev–Trinajstić information content (AvgIpc) is 2.53. The zero-order chi connectivity index (χ0) is 14.4. The molecule has 3 aromatic carbocycles. The Hall–Kier alpha value is -1.82. The van der Waals surface area contributed by atoms with Crippen LogP contribution in [0.3, 0.4) is 0 Å². The van der Waals surface area contributed by atoms with Crippen molar-refractivity contribution in [1.29, 1.82) is 0 Å². The van der Waals surface area contributed by atoms with E-state index in [4.69, 9.17) is 0 Å². The van der Waals surface area contributed by atoms with Gasteiger partial charge in [0, 0.05) is 0 Å². The highest BCUT2D eigenvalue weighted by molar-refractivity contribution is 6.08. The van der Waals surface area contributed by atoms with E-state index >= 15 is 0 Å². The van der Waals surface area contributed by atoms with E-state index in [0.717, 1.165) is 11.8 Å². The molecule has 3 aromatic rings. The lowest BCUT2D eigenvalue weighted by Gasteiger charge is -2.28. The zero-order valence-electron chi connectivity index (χ0n) is 12.9. The summed E-state index contributed by atoms with van der Waals surface area (Å²) < 4.78 is 0. The second-order valence-electron chi connectivity index (χ2n) is 6.83. The summed E-state index contributed by atoms with van der Waals surface area (Å²) in [6.45, 7) is 4.73. The first-order chi connectivity index (χ1) is 10.2. The lowest BCUT2D eigenvalue weighted by atomic mass is 9.77. The SMILES string of the molecule is CC(C)C1CCc2c(ccc3c2ccc2ccccc23)C1. The lowest BCUT2D eigenvalue weighted by Crippen LogP contribution is -2.19. The van der Waals surface area contributed by atoms with E-state index in [1.165, 1.54) is 40.8 Å². The van der Waals surface area contributed by atoms with Crippen molar-refractivity contribution in [2.45, 2.75) is 33.1 Å². The van der Waals surface area contributed by atoms with Gasteiger partial charge in [0.2, 0.25) is 0 Å². The fraction of sp³-hybridized carbons (Fsp3) is 0.333. The first kappa shape index (κ1) is 12.9. The van der Waals surface area contributed by atoms with Crippen LogP contribution in [0.25, 0.3) is 21.5 Å². The number of hydrogen-bond acceptors (Lipinski definition) is 0. The molecule has 0 aliphatic heterocycles. The normalized spacial score (nSPS) is 18.3. The fourth-order valence-electron chi connectivity index (χ4n) is 3.97. The second kappa shape index (κ2) is 4.87. The molecule has 0 radical (unpaired) electrons. The molecule has 0 heterocycles. The summed E-state index contributed by atoms with van der Waals surface area (Å²) in [6, 6.07) is 18.1. The van der Waals surface area contributed by atoms with E-state index in [-0.39, 0.29) is 0 Å². The van der Waals surface area contributed by atoms with E-state index in [0.29, 0.717) is 0 Å². The molecule has 0 heteroatoms. The predicted molar refractivity (Wildman–Crippen MR) is 91.8 cm³/mol. The summed E-state index contributed by atoms with van der Waals surface area (Å²) in [4.78, 5) is 0. The summed E-state index contributed by atoms with van der Waals surface area (Å²) in [5, 5.41) is 5.65. The second-order valence-corrected chi connectivity index (χ2v) is 6.83. The summed E-state index contributed by atoms with van der Waals surface area (Å²) in [5.74, 6) is 1.65. The molecule has 1 aliphatic rings. The highest BCUT2D eigenvalue weighted by Gasteiger charge is 2.22. The molecule has 0 nitrogen and oxygen atoms in total. The molecule has 0 spiro atoms. The zero-order valence-corrected chi connectivity index (χ0v) is 12.9. The standard InChI is InChI=1S/C21H22/c1-14(2)16-8-10-19-17(13-16)9-12-20-18-6-4-3-5-15(18)7-11-21(19)20/h3-7,9,11-12,14,16H,8,10,13H2,1-2H3. The van der Waals surface area contributed by atoms with E-state index in [1.807, 2.05) is 0 Å². The van der Waals surface area contributed by atoms with Gasteiger partial charge in [0.15, 0.2) is 0 Å². The quantitative estimate of drug-likeness (QED) is 0.495. The summed E-state index contributed by atoms with van der Waals surface area (Å²) in [6.07, 6.45) is 3.85. The average molecular weight is 274 g/mol. The third-order valence-electron chi connectivity index (χ3n) is 5.32. The number of rotatable bonds is 1. The molecule has 1 atom stereocenters. The van der Waals surface area contributed by atoms with Gasteiger partial charge in [-0.15, -0.1) is 0 Å². The van der Waals surface area contributed by atoms with Gasteiger partial charge in [-0.2, -0.15) is 0 Å². The van der Waals surface area contributed by atoms with Crippen LogP contribution in [-0.4, -0.2) is 0 Å². The highest BCUT2D eigenvalue weighted by Crippen LogP contribution is 2.36. The molecular formula is C21H22. The number of hydrogen-bond donors (Lipinski definition) is 0. The molecular weight excluding hydrogens is 252 g/mol. The van der Waals surface area contributed by atoms with Gasteiger partial charge in [-0.05, 0) is 63.8 Å². The maximum Gasteiger partial charge on any atom is -0.0102 e. The van der Waals surface area contributed by atoms with Gasteiger partial charge in [-0.1, -0.05) is 62.4 Å². The summed E-state index contributed by atoms with van der Waals surface area (Å²) in [5.41, 5.74) is 3.19. The Balaban J connectivity index is 1.93. The first-order valence-electron chi connectivity index (χ1n) is 8.16. The minimum Gasteiger partial charge on any atom is -0.0625 e. The van der Waals surface area contributed by atoms with Crippen LogP contribution in [0.5, 0.6) is 0 Å². The number of aryl methyl sites for hydroxylation is 1. The van der Waals surface area contributed by atoms with Crippen molar-refractivity contribution in [3.63, 3.8) is 0 Å². The number of benzene rings is 3. The molecule has 0 bridgehead atoms. The maximum absolute atomic E-state index is 2.39. The lowest BCUT2D eigenvalue weighted by molar-refractivity contribution is 0.344. The molecule has 1 unspecified atom stereocenters. The Morgan fingerprint density at radius 2 is 1.67 bits per heavy atom. The van der Waals surface area contributed by atoms with E-state index in [9.17, 15) is 0 Å². The molecule has 21 heavy (non-hydrogen) atoms. The van der Waals surface area contributed by atoms with Crippen molar-refractivity contribution in [3.8, 4) is 0 Å².